The SMILES string of the molecule is C=CC(=O)NC(CCC)CC(C)N(C)C(=O)C=C. The van der Waals surface area contributed by atoms with Crippen LogP contribution in [0, 0.1) is 0 Å². The molecule has 2 atom stereocenters. The predicted molar refractivity (Wildman–Crippen MR) is 74.1 cm³/mol. The molecule has 0 bridgehead atoms. The highest BCUT2D eigenvalue weighted by atomic mass is 16.2. The molecule has 2 unspecified atom stereocenters. The molecule has 0 aliphatic rings. The van der Waals surface area contributed by atoms with Gasteiger partial charge in [-0.05, 0) is 31.9 Å². The van der Waals surface area contributed by atoms with E-state index in [4.69, 9.17) is 0 Å². The summed E-state index contributed by atoms with van der Waals surface area (Å²) >= 11 is 0. The van der Waals surface area contributed by atoms with Crippen molar-refractivity contribution < 1.29 is 9.59 Å². The Morgan fingerprint density at radius 1 is 1.33 bits per heavy atom. The molecule has 18 heavy (non-hydrogen) atoms. The molecule has 4 heteroatoms. The van der Waals surface area contributed by atoms with Crippen molar-refractivity contribution in [2.45, 2.75) is 45.2 Å². The molecule has 0 aromatic carbocycles. The van der Waals surface area contributed by atoms with Gasteiger partial charge in [-0.1, -0.05) is 26.5 Å². The molecule has 0 rings (SSSR count). The van der Waals surface area contributed by atoms with E-state index in [1.807, 2.05) is 6.92 Å². The summed E-state index contributed by atoms with van der Waals surface area (Å²) in [6.07, 6.45) is 5.16. The lowest BCUT2D eigenvalue weighted by atomic mass is 10.0. The number of carbonyl (C=O) groups excluding carboxylic acids is 2. The quantitative estimate of drug-likeness (QED) is 0.671. The minimum absolute atomic E-state index is 0.0529. The van der Waals surface area contributed by atoms with E-state index in [1.165, 1.54) is 12.2 Å². The van der Waals surface area contributed by atoms with Crippen LogP contribution in [0.2, 0.25) is 0 Å². The van der Waals surface area contributed by atoms with Gasteiger partial charge in [0.1, 0.15) is 0 Å². The Morgan fingerprint density at radius 2 is 1.94 bits per heavy atom. The molecule has 0 aliphatic carbocycles. The van der Waals surface area contributed by atoms with Gasteiger partial charge in [0.2, 0.25) is 11.8 Å². The summed E-state index contributed by atoms with van der Waals surface area (Å²) in [4.78, 5) is 24.4. The molecule has 0 fully saturated rings. The Morgan fingerprint density at radius 3 is 2.39 bits per heavy atom. The van der Waals surface area contributed by atoms with E-state index < -0.39 is 0 Å². The number of likely N-dealkylation sites (N-methyl/N-ethyl adjacent to an activating group) is 1. The minimum Gasteiger partial charge on any atom is -0.350 e. The van der Waals surface area contributed by atoms with Crippen LogP contribution in [0.15, 0.2) is 25.3 Å². The van der Waals surface area contributed by atoms with Gasteiger partial charge in [-0.3, -0.25) is 9.59 Å². The van der Waals surface area contributed by atoms with Gasteiger partial charge in [-0.25, -0.2) is 0 Å². The Kier molecular flexibility index (Phi) is 7.76. The van der Waals surface area contributed by atoms with E-state index in [2.05, 4.69) is 25.4 Å². The molecule has 0 aliphatic heterocycles. The molecular weight excluding hydrogens is 228 g/mol. The lowest BCUT2D eigenvalue weighted by Gasteiger charge is -2.28. The van der Waals surface area contributed by atoms with Crippen LogP contribution in [0.3, 0.4) is 0 Å². The molecule has 2 amide bonds. The predicted octanol–water partition coefficient (Wildman–Crippen LogP) is 1.88. The van der Waals surface area contributed by atoms with Gasteiger partial charge in [0.25, 0.3) is 0 Å². The van der Waals surface area contributed by atoms with Crippen LogP contribution >= 0.6 is 0 Å². The molecule has 0 aromatic heterocycles. The Hall–Kier alpha value is -1.58. The highest BCUT2D eigenvalue weighted by Crippen LogP contribution is 2.10. The van der Waals surface area contributed by atoms with Gasteiger partial charge < -0.3 is 10.2 Å². The maximum atomic E-state index is 11.5. The summed E-state index contributed by atoms with van der Waals surface area (Å²) in [5.74, 6) is -0.272. The zero-order chi connectivity index (χ0) is 14.1. The average molecular weight is 252 g/mol. The van der Waals surface area contributed by atoms with Gasteiger partial charge in [-0.15, -0.1) is 0 Å². The number of carbonyl (C=O) groups is 2. The summed E-state index contributed by atoms with van der Waals surface area (Å²) in [5, 5.41) is 2.89. The van der Waals surface area contributed by atoms with Crippen LogP contribution in [0.1, 0.15) is 33.1 Å². The second-order valence-corrected chi connectivity index (χ2v) is 4.44. The van der Waals surface area contributed by atoms with Gasteiger partial charge in [0.05, 0.1) is 0 Å². The topological polar surface area (TPSA) is 49.4 Å². The normalized spacial score (nSPS) is 13.3. The molecule has 102 valence electrons. The molecule has 0 saturated heterocycles. The van der Waals surface area contributed by atoms with Crippen molar-refractivity contribution in [3.05, 3.63) is 25.3 Å². The van der Waals surface area contributed by atoms with Crippen LogP contribution in [-0.2, 0) is 9.59 Å². The minimum atomic E-state index is -0.168. The Labute approximate surface area is 110 Å². The molecular formula is C14H24N2O2. The molecule has 0 spiro atoms. The fourth-order valence-electron chi connectivity index (χ4n) is 1.79. The first-order chi connectivity index (χ1) is 8.46. The van der Waals surface area contributed by atoms with Gasteiger partial charge >= 0.3 is 0 Å². The van der Waals surface area contributed by atoms with Crippen molar-refractivity contribution in [1.82, 2.24) is 10.2 Å². The number of nitrogens with one attached hydrogen (secondary N) is 1. The number of amides is 2. The van der Waals surface area contributed by atoms with Crippen LogP contribution in [0.4, 0.5) is 0 Å². The zero-order valence-corrected chi connectivity index (χ0v) is 11.6. The molecule has 0 radical (unpaired) electrons. The van der Waals surface area contributed by atoms with E-state index in [9.17, 15) is 9.59 Å². The number of nitrogens with zero attached hydrogens (tertiary/aromatic N) is 1. The third-order valence-electron chi connectivity index (χ3n) is 2.98. The maximum absolute atomic E-state index is 11.5. The van der Waals surface area contributed by atoms with Gasteiger partial charge in [0.15, 0.2) is 0 Å². The van der Waals surface area contributed by atoms with E-state index in [0.29, 0.717) is 0 Å². The molecule has 0 saturated carbocycles. The first-order valence-electron chi connectivity index (χ1n) is 6.28. The van der Waals surface area contributed by atoms with Crippen molar-refractivity contribution in [1.29, 1.82) is 0 Å². The van der Waals surface area contributed by atoms with Crippen molar-refractivity contribution in [2.24, 2.45) is 0 Å². The number of rotatable bonds is 8. The number of hydrogen-bond donors (Lipinski definition) is 1. The van der Waals surface area contributed by atoms with E-state index in [0.717, 1.165) is 19.3 Å². The molecule has 1 N–H and O–H groups in total. The van der Waals surface area contributed by atoms with Crippen LogP contribution in [0.25, 0.3) is 0 Å². The number of hydrogen-bond acceptors (Lipinski definition) is 2. The van der Waals surface area contributed by atoms with Gasteiger partial charge in [-0.2, -0.15) is 0 Å². The fraction of sp³-hybridized carbons (Fsp3) is 0.571. The lowest BCUT2D eigenvalue weighted by molar-refractivity contribution is -0.126. The second kappa shape index (κ2) is 8.50. The van der Waals surface area contributed by atoms with Crippen molar-refractivity contribution in [3.63, 3.8) is 0 Å². The smallest absolute Gasteiger partial charge is 0.245 e. The summed E-state index contributed by atoms with van der Waals surface area (Å²) in [5.41, 5.74) is 0. The van der Waals surface area contributed by atoms with E-state index >= 15 is 0 Å². The molecule has 0 heterocycles. The summed E-state index contributed by atoms with van der Waals surface area (Å²) < 4.78 is 0. The van der Waals surface area contributed by atoms with Crippen molar-refractivity contribution >= 4 is 11.8 Å². The fourth-order valence-corrected chi connectivity index (χ4v) is 1.79. The molecule has 0 aromatic rings. The monoisotopic (exact) mass is 252 g/mol. The van der Waals surface area contributed by atoms with E-state index in [-0.39, 0.29) is 23.9 Å². The van der Waals surface area contributed by atoms with Crippen molar-refractivity contribution in [3.8, 4) is 0 Å². The zero-order valence-electron chi connectivity index (χ0n) is 11.6. The van der Waals surface area contributed by atoms with Gasteiger partial charge in [0, 0.05) is 19.1 Å². The second-order valence-electron chi connectivity index (χ2n) is 4.44. The standard InChI is InChI=1S/C14H24N2O2/c1-6-9-12(15-13(17)7-2)10-11(4)16(5)14(18)8-3/h7-8,11-12H,2-3,6,9-10H2,1,4-5H3,(H,15,17). The van der Waals surface area contributed by atoms with E-state index in [1.54, 1.807) is 11.9 Å². The summed E-state index contributed by atoms with van der Waals surface area (Å²) in [6, 6.07) is 0.118. The third kappa shape index (κ3) is 5.66. The van der Waals surface area contributed by atoms with Crippen molar-refractivity contribution in [2.75, 3.05) is 7.05 Å². The molecule has 4 nitrogen and oxygen atoms in total. The third-order valence-corrected chi connectivity index (χ3v) is 2.98. The maximum Gasteiger partial charge on any atom is 0.245 e. The highest BCUT2D eigenvalue weighted by molar-refractivity contribution is 5.87. The average Bonchev–Trinajstić information content (AvgIpc) is 2.36. The van der Waals surface area contributed by atoms with Crippen LogP contribution in [-0.4, -0.2) is 35.8 Å². The Bertz CT molecular complexity index is 313. The summed E-state index contributed by atoms with van der Waals surface area (Å²) in [6.45, 7) is 10.9. The van der Waals surface area contributed by atoms with Crippen LogP contribution in [0.5, 0.6) is 0 Å². The highest BCUT2D eigenvalue weighted by Gasteiger charge is 2.18. The largest absolute Gasteiger partial charge is 0.350 e. The summed E-state index contributed by atoms with van der Waals surface area (Å²) in [7, 11) is 1.74. The van der Waals surface area contributed by atoms with Crippen LogP contribution < -0.4 is 5.32 Å². The lowest BCUT2D eigenvalue weighted by Crippen LogP contribution is -2.41. The Balaban J connectivity index is 4.47. The first-order valence-corrected chi connectivity index (χ1v) is 6.28. The first kappa shape index (κ1) is 16.4.